The van der Waals surface area contributed by atoms with Gasteiger partial charge in [0.1, 0.15) is 11.5 Å². The van der Waals surface area contributed by atoms with Crippen molar-refractivity contribution in [1.82, 2.24) is 0 Å². The van der Waals surface area contributed by atoms with Gasteiger partial charge in [-0.15, -0.1) is 0 Å². The summed E-state index contributed by atoms with van der Waals surface area (Å²) in [6.45, 7) is 11.6. The molecule has 0 aliphatic carbocycles. The zero-order chi connectivity index (χ0) is 23.6. The molecule has 3 aromatic carbocycles. The van der Waals surface area contributed by atoms with Gasteiger partial charge in [0.05, 0.1) is 6.16 Å². The molecule has 0 radical (unpaired) electrons. The third-order valence-electron chi connectivity index (χ3n) is 6.08. The second-order valence-corrected chi connectivity index (χ2v) is 11.2. The largest absolute Gasteiger partial charge is 0.430 e. The Balaban J connectivity index is 1.91. The van der Waals surface area contributed by atoms with E-state index in [0.717, 1.165) is 51.9 Å². The topological polar surface area (TPSA) is 38.8 Å². The van der Waals surface area contributed by atoms with Crippen molar-refractivity contribution in [2.75, 3.05) is 11.1 Å². The standard InChI is InChI=1S/C28H34NO3P/c1-6-7-13-33(30)31-27-22(4)14-20(2)16-24(27)18-29(26-11-9-8-10-12-26)19-25-17-21(3)15-23(5)28(25)32-33/h8-12,14-17H,6-7,13,18-19H2,1-5H3. The summed E-state index contributed by atoms with van der Waals surface area (Å²) in [5.74, 6) is 1.38. The Morgan fingerprint density at radius 2 is 1.33 bits per heavy atom. The maximum atomic E-state index is 14.1. The van der Waals surface area contributed by atoms with Crippen LogP contribution < -0.4 is 13.9 Å². The normalized spacial score (nSPS) is 15.1. The first-order valence-electron chi connectivity index (χ1n) is 11.8. The van der Waals surface area contributed by atoms with Gasteiger partial charge in [0.2, 0.25) is 0 Å². The van der Waals surface area contributed by atoms with Gasteiger partial charge in [0, 0.05) is 29.9 Å². The van der Waals surface area contributed by atoms with Crippen molar-refractivity contribution in [1.29, 1.82) is 0 Å². The van der Waals surface area contributed by atoms with Crippen LogP contribution in [0.3, 0.4) is 0 Å². The molecule has 174 valence electrons. The second-order valence-electron chi connectivity index (χ2n) is 9.20. The molecule has 5 heteroatoms. The van der Waals surface area contributed by atoms with Crippen molar-refractivity contribution in [2.24, 2.45) is 0 Å². The van der Waals surface area contributed by atoms with Crippen LogP contribution in [-0.4, -0.2) is 6.16 Å². The predicted octanol–water partition coefficient (Wildman–Crippen LogP) is 7.89. The van der Waals surface area contributed by atoms with Crippen molar-refractivity contribution in [3.63, 3.8) is 0 Å². The van der Waals surface area contributed by atoms with Gasteiger partial charge in [-0.2, -0.15) is 0 Å². The second kappa shape index (κ2) is 9.65. The smallest absolute Gasteiger partial charge is 0.415 e. The van der Waals surface area contributed by atoms with Crippen molar-refractivity contribution < 1.29 is 13.6 Å². The fraction of sp³-hybridized carbons (Fsp3) is 0.357. The number of benzene rings is 3. The van der Waals surface area contributed by atoms with E-state index in [-0.39, 0.29) is 0 Å². The number of para-hydroxylation sites is 1. The average Bonchev–Trinajstić information content (AvgIpc) is 2.77. The molecule has 0 saturated carbocycles. The highest BCUT2D eigenvalue weighted by Gasteiger charge is 2.32. The number of hydrogen-bond donors (Lipinski definition) is 0. The number of nitrogens with zero attached hydrogens (tertiary/aromatic N) is 1. The van der Waals surface area contributed by atoms with Gasteiger partial charge in [0.15, 0.2) is 0 Å². The van der Waals surface area contributed by atoms with Gasteiger partial charge < -0.3 is 13.9 Å². The van der Waals surface area contributed by atoms with Crippen molar-refractivity contribution in [3.05, 3.63) is 88.0 Å². The molecule has 0 amide bonds. The summed E-state index contributed by atoms with van der Waals surface area (Å²) >= 11 is 0. The van der Waals surface area contributed by atoms with Gasteiger partial charge in [0.25, 0.3) is 0 Å². The van der Waals surface area contributed by atoms with Crippen LogP contribution in [-0.2, 0) is 17.7 Å². The summed E-state index contributed by atoms with van der Waals surface area (Å²) in [5, 5.41) is 0. The molecular formula is C28H34NO3P. The number of hydrogen-bond acceptors (Lipinski definition) is 4. The highest BCUT2D eigenvalue weighted by atomic mass is 31.2. The molecule has 0 spiro atoms. The van der Waals surface area contributed by atoms with Crippen LogP contribution in [0.2, 0.25) is 0 Å². The van der Waals surface area contributed by atoms with Crippen molar-refractivity contribution in [3.8, 4) is 11.5 Å². The first-order chi connectivity index (χ1) is 15.8. The Labute approximate surface area is 198 Å². The van der Waals surface area contributed by atoms with Crippen molar-refractivity contribution >= 4 is 13.3 Å². The molecule has 33 heavy (non-hydrogen) atoms. The van der Waals surface area contributed by atoms with Crippen LogP contribution in [0, 0.1) is 27.7 Å². The summed E-state index contributed by atoms with van der Waals surface area (Å²) < 4.78 is 26.9. The zero-order valence-corrected chi connectivity index (χ0v) is 21.2. The minimum atomic E-state index is -3.41. The number of unbranched alkanes of at least 4 members (excludes halogenated alkanes) is 1. The molecule has 1 aliphatic heterocycles. The Bertz CT molecular complexity index is 1120. The lowest BCUT2D eigenvalue weighted by Crippen LogP contribution is -2.24. The molecule has 1 heterocycles. The van der Waals surface area contributed by atoms with E-state index in [1.54, 1.807) is 0 Å². The van der Waals surface area contributed by atoms with Crippen molar-refractivity contribution in [2.45, 2.75) is 60.5 Å². The lowest BCUT2D eigenvalue weighted by atomic mass is 10.0. The van der Waals surface area contributed by atoms with Gasteiger partial charge in [-0.3, -0.25) is 0 Å². The Kier molecular flexibility index (Phi) is 6.86. The van der Waals surface area contributed by atoms with Crippen LogP contribution >= 0.6 is 7.60 Å². The maximum Gasteiger partial charge on any atom is 0.430 e. The molecule has 0 atom stereocenters. The minimum Gasteiger partial charge on any atom is -0.415 e. The van der Waals surface area contributed by atoms with Crippen LogP contribution in [0.15, 0.2) is 54.6 Å². The lowest BCUT2D eigenvalue weighted by Gasteiger charge is -2.32. The number of fused-ring (bicyclic) bond motifs is 2. The van der Waals surface area contributed by atoms with Gasteiger partial charge >= 0.3 is 7.60 Å². The first kappa shape index (κ1) is 23.4. The SMILES string of the molecule is CCCCP1(=O)Oc2c(C)cc(C)cc2CN(c2ccccc2)Cc2cc(C)cc(C)c2O1. The highest BCUT2D eigenvalue weighted by Crippen LogP contribution is 2.53. The van der Waals surface area contributed by atoms with Crippen LogP contribution in [0.1, 0.15) is 53.1 Å². The molecule has 4 nitrogen and oxygen atoms in total. The van der Waals surface area contributed by atoms with E-state index in [1.165, 1.54) is 0 Å². The molecule has 4 rings (SSSR count). The zero-order valence-electron chi connectivity index (χ0n) is 20.4. The van der Waals surface area contributed by atoms with E-state index < -0.39 is 7.60 Å². The van der Waals surface area contributed by atoms with Crippen LogP contribution in [0.5, 0.6) is 11.5 Å². The first-order valence-corrected chi connectivity index (χ1v) is 13.5. The Morgan fingerprint density at radius 1 is 0.818 bits per heavy atom. The number of aryl methyl sites for hydroxylation is 4. The van der Waals surface area contributed by atoms with Gasteiger partial charge in [-0.25, -0.2) is 4.57 Å². The highest BCUT2D eigenvalue weighted by molar-refractivity contribution is 7.54. The molecular weight excluding hydrogens is 429 g/mol. The molecule has 0 N–H and O–H groups in total. The summed E-state index contributed by atoms with van der Waals surface area (Å²) in [5.41, 5.74) is 7.49. The molecule has 0 unspecified atom stereocenters. The Hall–Kier alpha value is -2.71. The summed E-state index contributed by atoms with van der Waals surface area (Å²) in [4.78, 5) is 2.34. The van der Waals surface area contributed by atoms with E-state index >= 15 is 0 Å². The summed E-state index contributed by atoms with van der Waals surface area (Å²) in [7, 11) is -3.41. The van der Waals surface area contributed by atoms with E-state index in [2.05, 4.69) is 74.2 Å². The molecule has 1 aliphatic rings. The van der Waals surface area contributed by atoms with E-state index in [4.69, 9.17) is 9.05 Å². The quantitative estimate of drug-likeness (QED) is 0.369. The molecule has 0 fully saturated rings. The number of anilines is 1. The summed E-state index contributed by atoms with van der Waals surface area (Å²) in [6.07, 6.45) is 2.11. The average molecular weight is 464 g/mol. The Morgan fingerprint density at radius 3 is 1.82 bits per heavy atom. The fourth-order valence-electron chi connectivity index (χ4n) is 4.61. The molecule has 3 aromatic rings. The monoisotopic (exact) mass is 463 g/mol. The third-order valence-corrected chi connectivity index (χ3v) is 7.87. The van der Waals surface area contributed by atoms with Crippen LogP contribution in [0.4, 0.5) is 5.69 Å². The molecule has 0 bridgehead atoms. The molecule has 0 saturated heterocycles. The van der Waals surface area contributed by atoms with Gasteiger partial charge in [-0.05, 0) is 57.4 Å². The van der Waals surface area contributed by atoms with E-state index in [0.29, 0.717) is 30.8 Å². The maximum absolute atomic E-state index is 14.1. The minimum absolute atomic E-state index is 0.394. The van der Waals surface area contributed by atoms with E-state index in [9.17, 15) is 4.57 Å². The molecule has 0 aromatic heterocycles. The van der Waals surface area contributed by atoms with Gasteiger partial charge in [-0.1, -0.05) is 66.9 Å². The summed E-state index contributed by atoms with van der Waals surface area (Å²) in [6, 6.07) is 18.9. The fourth-order valence-corrected chi connectivity index (χ4v) is 6.61. The number of rotatable bonds is 4. The lowest BCUT2D eigenvalue weighted by molar-refractivity contribution is 0.376. The third kappa shape index (κ3) is 5.28. The predicted molar refractivity (Wildman–Crippen MR) is 137 cm³/mol. The van der Waals surface area contributed by atoms with E-state index in [1.807, 2.05) is 19.9 Å². The van der Waals surface area contributed by atoms with Crippen LogP contribution in [0.25, 0.3) is 0 Å².